The van der Waals surface area contributed by atoms with Gasteiger partial charge in [-0.15, -0.1) is 11.3 Å². The normalized spacial score (nSPS) is 20.6. The van der Waals surface area contributed by atoms with Crippen LogP contribution in [0.15, 0.2) is 23.8 Å². The molecule has 0 bridgehead atoms. The van der Waals surface area contributed by atoms with E-state index in [4.69, 9.17) is 9.47 Å². The van der Waals surface area contributed by atoms with Crippen LogP contribution in [0.2, 0.25) is 0 Å². The zero-order valence-electron chi connectivity index (χ0n) is 20.6. The Morgan fingerprint density at radius 2 is 2.03 bits per heavy atom. The van der Waals surface area contributed by atoms with Gasteiger partial charge in [-0.05, 0) is 31.5 Å². The van der Waals surface area contributed by atoms with Crippen molar-refractivity contribution in [3.63, 3.8) is 0 Å². The lowest BCUT2D eigenvalue weighted by Crippen LogP contribution is -2.45. The molecule has 2 N–H and O–H groups in total. The van der Waals surface area contributed by atoms with Gasteiger partial charge in [0.15, 0.2) is 11.4 Å². The number of thiazole rings is 1. The number of hydrogen-bond donors (Lipinski definition) is 2. The van der Waals surface area contributed by atoms with Crippen molar-refractivity contribution in [1.29, 1.82) is 0 Å². The second kappa shape index (κ2) is 9.30. The number of hydrogen-bond acceptors (Lipinski definition) is 9. The number of methoxy groups -OCH3 is 2. The number of anilines is 1. The van der Waals surface area contributed by atoms with Crippen molar-refractivity contribution in [1.82, 2.24) is 29.7 Å². The Morgan fingerprint density at radius 1 is 1.19 bits per heavy atom. The summed E-state index contributed by atoms with van der Waals surface area (Å²) >= 11 is 1.47. The molecule has 6 rings (SSSR count). The highest BCUT2D eigenvalue weighted by Crippen LogP contribution is 2.45. The molecule has 4 aromatic rings. The number of carbonyl (C=O) groups excluding carboxylic acids is 1. The number of fused-ring (bicyclic) bond motifs is 2. The van der Waals surface area contributed by atoms with Gasteiger partial charge in [-0.25, -0.2) is 9.97 Å². The molecule has 2 atom stereocenters. The van der Waals surface area contributed by atoms with Gasteiger partial charge in [-0.1, -0.05) is 0 Å². The molecule has 0 radical (unpaired) electrons. The highest BCUT2D eigenvalue weighted by atomic mass is 32.1. The number of amides is 1. The van der Waals surface area contributed by atoms with Crippen LogP contribution in [0.3, 0.4) is 0 Å². The van der Waals surface area contributed by atoms with Crippen LogP contribution < -0.4 is 14.8 Å². The average Bonchev–Trinajstić information content (AvgIpc) is 3.29. The molecule has 1 amide bonds. The first-order valence-corrected chi connectivity index (χ1v) is 13.0. The Kier molecular flexibility index (Phi) is 5.98. The van der Waals surface area contributed by atoms with Crippen LogP contribution in [-0.2, 0) is 4.79 Å². The van der Waals surface area contributed by atoms with E-state index >= 15 is 0 Å². The molecule has 1 saturated heterocycles. The van der Waals surface area contributed by atoms with Crippen LogP contribution in [0.4, 0.5) is 5.82 Å². The van der Waals surface area contributed by atoms with Crippen molar-refractivity contribution in [2.45, 2.75) is 6.42 Å². The highest BCUT2D eigenvalue weighted by Gasteiger charge is 2.44. The van der Waals surface area contributed by atoms with Crippen molar-refractivity contribution in [3.05, 3.63) is 23.8 Å². The second-order valence-electron chi connectivity index (χ2n) is 9.52. The molecule has 0 aromatic carbocycles. The fraction of sp³-hybridized carbons (Fsp3) is 0.440. The molecule has 0 unspecified atom stereocenters. The van der Waals surface area contributed by atoms with E-state index in [9.17, 15) is 4.79 Å². The molecular weight excluding hydrogens is 478 g/mol. The summed E-state index contributed by atoms with van der Waals surface area (Å²) in [5.41, 5.74) is 4.60. The molecule has 4 aromatic heterocycles. The third kappa shape index (κ3) is 4.16. The molecule has 11 heteroatoms. The number of likely N-dealkylation sites (N-methyl/N-ethyl adjacent to an activating group) is 1. The molecule has 1 saturated carbocycles. The molecule has 188 valence electrons. The number of aromatic nitrogens is 4. The minimum absolute atomic E-state index is 0.0518. The quantitative estimate of drug-likeness (QED) is 0.393. The average molecular weight is 508 g/mol. The smallest absolute Gasteiger partial charge is 0.228 e. The predicted molar refractivity (Wildman–Crippen MR) is 140 cm³/mol. The van der Waals surface area contributed by atoms with E-state index in [-0.39, 0.29) is 11.8 Å². The maximum absolute atomic E-state index is 12.9. The number of carbonyl (C=O) groups is 1. The number of pyridine rings is 2. The molecule has 36 heavy (non-hydrogen) atoms. The minimum Gasteiger partial charge on any atom is -0.494 e. The maximum atomic E-state index is 12.9. The summed E-state index contributed by atoms with van der Waals surface area (Å²) < 4.78 is 12.2. The van der Waals surface area contributed by atoms with Gasteiger partial charge in [-0.3, -0.25) is 4.79 Å². The molecule has 0 spiro atoms. The second-order valence-corrected chi connectivity index (χ2v) is 10.4. The molecule has 2 aliphatic rings. The van der Waals surface area contributed by atoms with Crippen molar-refractivity contribution < 1.29 is 14.3 Å². The van der Waals surface area contributed by atoms with Gasteiger partial charge in [-0.2, -0.15) is 4.98 Å². The van der Waals surface area contributed by atoms with Gasteiger partial charge in [0.2, 0.25) is 11.8 Å². The third-order valence-corrected chi connectivity index (χ3v) is 8.02. The summed E-state index contributed by atoms with van der Waals surface area (Å²) in [5, 5.41) is 3.90. The Bertz CT molecular complexity index is 1430. The lowest BCUT2D eigenvalue weighted by atomic mass is 10.1. The first-order chi connectivity index (χ1) is 17.6. The summed E-state index contributed by atoms with van der Waals surface area (Å²) in [6.07, 6.45) is 2.81. The van der Waals surface area contributed by atoms with Crippen LogP contribution in [0.5, 0.6) is 11.6 Å². The van der Waals surface area contributed by atoms with Crippen LogP contribution in [-0.4, -0.2) is 89.6 Å². The first-order valence-electron chi connectivity index (χ1n) is 12.1. The van der Waals surface area contributed by atoms with Crippen molar-refractivity contribution in [3.8, 4) is 22.8 Å². The topological polar surface area (TPSA) is 108 Å². The van der Waals surface area contributed by atoms with E-state index in [1.165, 1.54) is 11.3 Å². The van der Waals surface area contributed by atoms with Crippen LogP contribution in [0, 0.1) is 11.8 Å². The van der Waals surface area contributed by atoms with E-state index in [0.717, 1.165) is 60.4 Å². The Labute approximate surface area is 212 Å². The number of rotatable bonds is 7. The lowest BCUT2D eigenvalue weighted by molar-refractivity contribution is -0.117. The van der Waals surface area contributed by atoms with Crippen molar-refractivity contribution in [2.24, 2.45) is 11.8 Å². The van der Waals surface area contributed by atoms with Crippen LogP contribution >= 0.6 is 11.3 Å². The van der Waals surface area contributed by atoms with Gasteiger partial charge >= 0.3 is 0 Å². The van der Waals surface area contributed by atoms with E-state index in [2.05, 4.69) is 42.1 Å². The Balaban J connectivity index is 1.20. The number of nitrogens with zero attached hydrogens (tertiary/aromatic N) is 5. The third-order valence-electron chi connectivity index (χ3n) is 7.21. The summed E-state index contributed by atoms with van der Waals surface area (Å²) in [7, 11) is 5.37. The summed E-state index contributed by atoms with van der Waals surface area (Å²) in [4.78, 5) is 34.5. The predicted octanol–water partition coefficient (Wildman–Crippen LogP) is 3.07. The number of H-pyrrole nitrogens is 1. The van der Waals surface area contributed by atoms with Gasteiger partial charge in [0.05, 0.1) is 25.3 Å². The Hall–Kier alpha value is -3.28. The number of aromatic amines is 1. The van der Waals surface area contributed by atoms with Crippen LogP contribution in [0.1, 0.15) is 6.42 Å². The summed E-state index contributed by atoms with van der Waals surface area (Å²) in [5.74, 6) is 2.19. The molecule has 1 aliphatic heterocycles. The van der Waals surface area contributed by atoms with Gasteiger partial charge in [0.25, 0.3) is 0 Å². The summed E-state index contributed by atoms with van der Waals surface area (Å²) in [6, 6.07) is 3.79. The van der Waals surface area contributed by atoms with Crippen LogP contribution in [0.25, 0.3) is 32.5 Å². The van der Waals surface area contributed by atoms with Gasteiger partial charge in [0.1, 0.15) is 16.2 Å². The maximum Gasteiger partial charge on any atom is 0.228 e. The SMILES string of the molecule is COc1nc2ncsc2c(OC)c1-c1c[nH]c2nc(NC(=O)[C@H]3C[C@@H]3CN3CCN(C)CC3)ccc12. The fourth-order valence-corrected chi connectivity index (χ4v) is 5.80. The zero-order chi connectivity index (χ0) is 24.8. The van der Waals surface area contributed by atoms with E-state index in [0.29, 0.717) is 34.7 Å². The van der Waals surface area contributed by atoms with Gasteiger partial charge in [0, 0.05) is 55.8 Å². The number of nitrogens with one attached hydrogen (secondary N) is 2. The molecule has 2 fully saturated rings. The largest absolute Gasteiger partial charge is 0.494 e. The molecule has 5 heterocycles. The fourth-order valence-electron chi connectivity index (χ4n) is 5.05. The van der Waals surface area contributed by atoms with Gasteiger partial charge < -0.3 is 29.6 Å². The van der Waals surface area contributed by atoms with E-state index in [1.54, 1.807) is 19.7 Å². The van der Waals surface area contributed by atoms with E-state index in [1.807, 2.05) is 18.3 Å². The molecule has 1 aliphatic carbocycles. The van der Waals surface area contributed by atoms with E-state index < -0.39 is 0 Å². The van der Waals surface area contributed by atoms with Crippen molar-refractivity contribution in [2.75, 3.05) is 59.3 Å². The standard InChI is InChI=1S/C25H29N7O3S/c1-31-6-8-32(9-7-31)12-14-10-16(14)24(33)29-18-5-4-15-17(11-26-22(15)28-18)19-20(34-2)21-23(27-13-36-21)30-25(19)35-3/h4-5,11,13-14,16H,6-10,12H2,1-3H3,(H2,26,28,29,33)/t14-,16+/m1/s1. The summed E-state index contributed by atoms with van der Waals surface area (Å²) in [6.45, 7) is 5.35. The Morgan fingerprint density at radius 3 is 2.81 bits per heavy atom. The number of piperazine rings is 1. The zero-order valence-corrected chi connectivity index (χ0v) is 21.4. The lowest BCUT2D eigenvalue weighted by Gasteiger charge is -2.32. The monoisotopic (exact) mass is 507 g/mol. The minimum atomic E-state index is 0.0518. The molecular formula is C25H29N7O3S. The first kappa shape index (κ1) is 23.1. The highest BCUT2D eigenvalue weighted by molar-refractivity contribution is 7.17. The number of ether oxygens (including phenoxy) is 2. The van der Waals surface area contributed by atoms with Crippen molar-refractivity contribution >= 4 is 44.4 Å². The molecule has 10 nitrogen and oxygen atoms in total.